The van der Waals surface area contributed by atoms with Gasteiger partial charge in [-0.15, -0.1) is 0 Å². The SMILES string of the molecule is C/C(CO)=C(/Br)Cn1ccc(N)nc1=O. The molecule has 0 fully saturated rings. The van der Waals surface area contributed by atoms with Gasteiger partial charge < -0.3 is 10.8 Å². The summed E-state index contributed by atoms with van der Waals surface area (Å²) in [4.78, 5) is 14.9. The number of aliphatic hydroxyl groups is 1. The summed E-state index contributed by atoms with van der Waals surface area (Å²) in [7, 11) is 0. The lowest BCUT2D eigenvalue weighted by molar-refractivity contribution is 0.330. The van der Waals surface area contributed by atoms with Crippen molar-refractivity contribution in [3.63, 3.8) is 0 Å². The molecule has 3 N–H and O–H groups in total. The van der Waals surface area contributed by atoms with E-state index in [0.29, 0.717) is 6.54 Å². The van der Waals surface area contributed by atoms with E-state index in [1.807, 2.05) is 0 Å². The van der Waals surface area contributed by atoms with Crippen LogP contribution in [-0.2, 0) is 6.54 Å². The lowest BCUT2D eigenvalue weighted by Gasteiger charge is -2.06. The van der Waals surface area contributed by atoms with Gasteiger partial charge in [-0.1, -0.05) is 15.9 Å². The van der Waals surface area contributed by atoms with Crippen LogP contribution in [-0.4, -0.2) is 21.3 Å². The van der Waals surface area contributed by atoms with Crippen LogP contribution >= 0.6 is 15.9 Å². The number of anilines is 1. The molecule has 0 saturated carbocycles. The fourth-order valence-electron chi connectivity index (χ4n) is 0.933. The Labute approximate surface area is 95.4 Å². The predicted octanol–water partition coefficient (Wildman–Crippen LogP) is 0.487. The highest BCUT2D eigenvalue weighted by atomic mass is 79.9. The van der Waals surface area contributed by atoms with Crippen LogP contribution in [0.5, 0.6) is 0 Å². The van der Waals surface area contributed by atoms with E-state index in [1.54, 1.807) is 19.2 Å². The van der Waals surface area contributed by atoms with Gasteiger partial charge in [0.25, 0.3) is 0 Å². The van der Waals surface area contributed by atoms with E-state index < -0.39 is 5.69 Å². The molecule has 0 unspecified atom stereocenters. The van der Waals surface area contributed by atoms with Crippen molar-refractivity contribution < 1.29 is 5.11 Å². The molecule has 6 heteroatoms. The molecule has 0 amide bonds. The zero-order valence-electron chi connectivity index (χ0n) is 8.27. The topological polar surface area (TPSA) is 81.1 Å². The Balaban J connectivity index is 2.96. The van der Waals surface area contributed by atoms with Crippen molar-refractivity contribution in [2.24, 2.45) is 0 Å². The van der Waals surface area contributed by atoms with Gasteiger partial charge in [0.1, 0.15) is 5.82 Å². The average molecular weight is 274 g/mol. The molecule has 0 aliphatic carbocycles. The first-order chi connectivity index (χ1) is 7.04. The molecule has 0 aliphatic rings. The van der Waals surface area contributed by atoms with Gasteiger partial charge in [0.05, 0.1) is 13.2 Å². The van der Waals surface area contributed by atoms with Gasteiger partial charge in [-0.25, -0.2) is 4.79 Å². The largest absolute Gasteiger partial charge is 0.392 e. The maximum atomic E-state index is 11.4. The molecule has 1 rings (SSSR count). The quantitative estimate of drug-likeness (QED) is 0.840. The predicted molar refractivity (Wildman–Crippen MR) is 61.6 cm³/mol. The fourth-order valence-corrected chi connectivity index (χ4v) is 1.33. The van der Waals surface area contributed by atoms with E-state index in [0.717, 1.165) is 10.1 Å². The zero-order chi connectivity index (χ0) is 11.4. The first kappa shape index (κ1) is 11.9. The van der Waals surface area contributed by atoms with Crippen LogP contribution in [0, 0.1) is 0 Å². The minimum Gasteiger partial charge on any atom is -0.392 e. The Morgan fingerprint density at radius 2 is 2.40 bits per heavy atom. The molecule has 0 atom stereocenters. The third-order valence-electron chi connectivity index (χ3n) is 1.91. The van der Waals surface area contributed by atoms with E-state index in [1.165, 1.54) is 4.57 Å². The number of rotatable bonds is 3. The summed E-state index contributed by atoms with van der Waals surface area (Å²) in [6.45, 7) is 2.08. The second-order valence-corrected chi connectivity index (χ2v) is 4.06. The van der Waals surface area contributed by atoms with Crippen molar-refractivity contribution in [2.75, 3.05) is 12.3 Å². The number of aromatic nitrogens is 2. The monoisotopic (exact) mass is 273 g/mol. The molecule has 1 aromatic rings. The standard InChI is InChI=1S/C9H12BrN3O2/c1-6(5-14)7(10)4-13-3-2-8(11)12-9(13)15/h2-3,14H,4-5H2,1H3,(H2,11,12,15)/b7-6-. The second kappa shape index (κ2) is 5.09. The summed E-state index contributed by atoms with van der Waals surface area (Å²) in [6, 6.07) is 1.55. The van der Waals surface area contributed by atoms with Crippen LogP contribution in [0.1, 0.15) is 6.92 Å². The molecular formula is C9H12BrN3O2. The Hall–Kier alpha value is -1.14. The lowest BCUT2D eigenvalue weighted by atomic mass is 10.3. The van der Waals surface area contributed by atoms with Crippen LogP contribution in [0.4, 0.5) is 5.82 Å². The summed E-state index contributed by atoms with van der Waals surface area (Å²) in [6.07, 6.45) is 1.57. The Morgan fingerprint density at radius 3 is 2.93 bits per heavy atom. The average Bonchev–Trinajstić information content (AvgIpc) is 2.20. The molecule has 5 nitrogen and oxygen atoms in total. The first-order valence-corrected chi connectivity index (χ1v) is 5.12. The molecule has 0 aromatic carbocycles. The molecule has 1 heterocycles. The van der Waals surface area contributed by atoms with Crippen molar-refractivity contribution >= 4 is 21.7 Å². The van der Waals surface area contributed by atoms with Gasteiger partial charge in [0, 0.05) is 10.7 Å². The second-order valence-electron chi connectivity index (χ2n) is 3.11. The van der Waals surface area contributed by atoms with Crippen molar-refractivity contribution in [3.8, 4) is 0 Å². The van der Waals surface area contributed by atoms with Gasteiger partial charge in [-0.05, 0) is 18.6 Å². The molecule has 82 valence electrons. The summed E-state index contributed by atoms with van der Waals surface area (Å²) in [5.74, 6) is 0.204. The summed E-state index contributed by atoms with van der Waals surface area (Å²) in [5.41, 5.74) is 5.73. The summed E-state index contributed by atoms with van der Waals surface area (Å²) in [5, 5.41) is 8.89. The highest BCUT2D eigenvalue weighted by Gasteiger charge is 2.02. The number of nitrogens with two attached hydrogens (primary N) is 1. The van der Waals surface area contributed by atoms with E-state index >= 15 is 0 Å². The fraction of sp³-hybridized carbons (Fsp3) is 0.333. The van der Waals surface area contributed by atoms with Gasteiger partial charge in [0.2, 0.25) is 0 Å². The summed E-state index contributed by atoms with van der Waals surface area (Å²) >= 11 is 3.29. The third-order valence-corrected chi connectivity index (χ3v) is 2.83. The Bertz CT molecular complexity index is 439. The molecule has 15 heavy (non-hydrogen) atoms. The number of halogens is 1. The highest BCUT2D eigenvalue weighted by molar-refractivity contribution is 9.11. The summed E-state index contributed by atoms with van der Waals surface area (Å²) < 4.78 is 2.17. The Kier molecular flexibility index (Phi) is 4.05. The minimum atomic E-state index is -0.405. The minimum absolute atomic E-state index is 0.0439. The van der Waals surface area contributed by atoms with Gasteiger partial charge in [0.15, 0.2) is 0 Å². The lowest BCUT2D eigenvalue weighted by Crippen LogP contribution is -2.23. The highest BCUT2D eigenvalue weighted by Crippen LogP contribution is 2.12. The molecule has 0 bridgehead atoms. The van der Waals surface area contributed by atoms with E-state index in [4.69, 9.17) is 10.8 Å². The van der Waals surface area contributed by atoms with Crippen LogP contribution in [0.2, 0.25) is 0 Å². The van der Waals surface area contributed by atoms with Crippen LogP contribution < -0.4 is 11.4 Å². The molecule has 1 aromatic heterocycles. The van der Waals surface area contributed by atoms with Crippen molar-refractivity contribution in [1.29, 1.82) is 0 Å². The van der Waals surface area contributed by atoms with Crippen molar-refractivity contribution in [3.05, 3.63) is 32.8 Å². The van der Waals surface area contributed by atoms with E-state index in [9.17, 15) is 4.79 Å². The number of nitrogens with zero attached hydrogens (tertiary/aromatic N) is 2. The number of hydrogen-bond donors (Lipinski definition) is 2. The normalized spacial score (nSPS) is 12.5. The molecule has 0 radical (unpaired) electrons. The number of allylic oxidation sites excluding steroid dienone is 1. The maximum Gasteiger partial charge on any atom is 0.349 e. The zero-order valence-corrected chi connectivity index (χ0v) is 9.86. The smallest absolute Gasteiger partial charge is 0.349 e. The van der Waals surface area contributed by atoms with Crippen LogP contribution in [0.3, 0.4) is 0 Å². The van der Waals surface area contributed by atoms with Crippen molar-refractivity contribution in [2.45, 2.75) is 13.5 Å². The maximum absolute atomic E-state index is 11.4. The molecule has 0 spiro atoms. The number of hydrogen-bond acceptors (Lipinski definition) is 4. The van der Waals surface area contributed by atoms with Gasteiger partial charge >= 0.3 is 5.69 Å². The van der Waals surface area contributed by atoms with Crippen LogP contribution in [0.25, 0.3) is 0 Å². The molecular weight excluding hydrogens is 262 g/mol. The number of nitrogen functional groups attached to an aromatic ring is 1. The van der Waals surface area contributed by atoms with Crippen molar-refractivity contribution in [1.82, 2.24) is 9.55 Å². The first-order valence-electron chi connectivity index (χ1n) is 4.32. The third kappa shape index (κ3) is 3.17. The van der Waals surface area contributed by atoms with E-state index in [2.05, 4.69) is 20.9 Å². The van der Waals surface area contributed by atoms with Gasteiger partial charge in [-0.2, -0.15) is 4.98 Å². The van der Waals surface area contributed by atoms with E-state index in [-0.39, 0.29) is 12.4 Å². The van der Waals surface area contributed by atoms with Crippen LogP contribution in [0.15, 0.2) is 27.1 Å². The van der Waals surface area contributed by atoms with Gasteiger partial charge in [-0.3, -0.25) is 4.57 Å². The molecule has 0 aliphatic heterocycles. The number of aliphatic hydroxyl groups excluding tert-OH is 1. The molecule has 0 saturated heterocycles. The Morgan fingerprint density at radius 1 is 1.73 bits per heavy atom.